The standard InChI is InChI=1S/C60H39N7/c1-2-15-46(16-3-1)66-56-32-30-50-52-34-43(44-25-26-45-36-61-67(57(45)35-44)47-29-27-38-11-4-5-13-42(38)33-47)28-31-55(52)65(59(50)53(56)37-62-66)60-63-54-20-9-8-18-51(54)58(64-60)41-23-21-40(22-24-41)49-19-10-14-39-12-6-7-17-48(39)49/h1-37,53,56H. The van der Waals surface area contributed by atoms with Crippen LogP contribution in [0.15, 0.2) is 218 Å². The zero-order valence-corrected chi connectivity index (χ0v) is 36.1. The zero-order valence-electron chi connectivity index (χ0n) is 36.1. The molecule has 0 bridgehead atoms. The van der Waals surface area contributed by atoms with Crippen LogP contribution in [0.1, 0.15) is 17.2 Å². The lowest BCUT2D eigenvalue weighted by molar-refractivity contribution is 0.691. The highest BCUT2D eigenvalue weighted by atomic mass is 15.5. The van der Waals surface area contributed by atoms with Crippen LogP contribution in [-0.2, 0) is 0 Å². The fraction of sp³-hybridized carbons (Fsp3) is 0.0333. The lowest BCUT2D eigenvalue weighted by Crippen LogP contribution is -2.32. The number of benzene rings is 9. The number of hydrazone groups is 1. The molecule has 0 saturated carbocycles. The second-order valence-electron chi connectivity index (χ2n) is 17.5. The van der Waals surface area contributed by atoms with Crippen molar-refractivity contribution in [3.63, 3.8) is 0 Å². The van der Waals surface area contributed by atoms with E-state index in [1.165, 1.54) is 32.7 Å². The Morgan fingerprint density at radius 3 is 2.07 bits per heavy atom. The van der Waals surface area contributed by atoms with Crippen LogP contribution in [0.4, 0.5) is 5.69 Å². The molecule has 0 amide bonds. The Kier molecular flexibility index (Phi) is 8.27. The molecule has 4 heterocycles. The largest absolute Gasteiger partial charge is 0.281 e. The van der Waals surface area contributed by atoms with Crippen molar-refractivity contribution in [1.82, 2.24) is 24.3 Å². The molecule has 67 heavy (non-hydrogen) atoms. The van der Waals surface area contributed by atoms with Gasteiger partial charge in [0.1, 0.15) is 0 Å². The van der Waals surface area contributed by atoms with Crippen molar-refractivity contribution >= 4 is 72.2 Å². The van der Waals surface area contributed by atoms with E-state index in [0.29, 0.717) is 5.95 Å². The maximum atomic E-state index is 5.54. The van der Waals surface area contributed by atoms with Gasteiger partial charge in [-0.2, -0.15) is 10.2 Å². The number of aromatic nitrogens is 5. The van der Waals surface area contributed by atoms with Crippen LogP contribution in [0.25, 0.3) is 105 Å². The Labute approximate surface area is 385 Å². The van der Waals surface area contributed by atoms with Crippen LogP contribution in [0.5, 0.6) is 0 Å². The van der Waals surface area contributed by atoms with Gasteiger partial charge in [-0.15, -0.1) is 0 Å². The molecule has 0 radical (unpaired) electrons. The molecule has 7 nitrogen and oxygen atoms in total. The summed E-state index contributed by atoms with van der Waals surface area (Å²) < 4.78 is 4.35. The predicted octanol–water partition coefficient (Wildman–Crippen LogP) is 14.2. The molecule has 0 N–H and O–H groups in total. The summed E-state index contributed by atoms with van der Waals surface area (Å²) in [5.74, 6) is 0.578. The van der Waals surface area contributed by atoms with Crippen molar-refractivity contribution in [2.75, 3.05) is 5.01 Å². The minimum Gasteiger partial charge on any atom is -0.281 e. The number of rotatable bonds is 6. The minimum absolute atomic E-state index is 0.0169. The van der Waals surface area contributed by atoms with Gasteiger partial charge < -0.3 is 0 Å². The SMILES string of the molecule is C1=CC2C(C=NN2c2ccccc2)c2c1c1cc(-c3ccc4cnn(-c5ccc6ccccc6c5)c4c3)ccc1n2-c1nc(-c2ccc(-c3cccc4ccccc34)cc2)c2ccccc2n1. The summed E-state index contributed by atoms with van der Waals surface area (Å²) >= 11 is 0. The van der Waals surface area contributed by atoms with Crippen LogP contribution in [0.2, 0.25) is 0 Å². The molecule has 2 atom stereocenters. The molecule has 0 fully saturated rings. The second-order valence-corrected chi connectivity index (χ2v) is 17.5. The zero-order chi connectivity index (χ0) is 44.0. The van der Waals surface area contributed by atoms with Gasteiger partial charge in [-0.3, -0.25) is 9.58 Å². The van der Waals surface area contributed by atoms with Gasteiger partial charge in [-0.1, -0.05) is 164 Å². The lowest BCUT2D eigenvalue weighted by Gasteiger charge is -2.28. The van der Waals surface area contributed by atoms with Crippen molar-refractivity contribution in [2.45, 2.75) is 12.0 Å². The molecule has 1 aliphatic carbocycles. The Bertz CT molecular complexity index is 4010. The highest BCUT2D eigenvalue weighted by molar-refractivity contribution is 6.01. The van der Waals surface area contributed by atoms with Crippen molar-refractivity contribution < 1.29 is 0 Å². The van der Waals surface area contributed by atoms with Gasteiger partial charge in [-0.05, 0) is 92.3 Å². The van der Waals surface area contributed by atoms with Crippen molar-refractivity contribution in [1.29, 1.82) is 0 Å². The molecule has 3 aromatic heterocycles. The highest BCUT2D eigenvalue weighted by Crippen LogP contribution is 2.45. The van der Waals surface area contributed by atoms with Gasteiger partial charge in [0.15, 0.2) is 0 Å². The molecule has 314 valence electrons. The van der Waals surface area contributed by atoms with Crippen LogP contribution in [-0.4, -0.2) is 36.6 Å². The third-order valence-corrected chi connectivity index (χ3v) is 13.8. The molecule has 14 rings (SSSR count). The molecule has 7 heteroatoms. The van der Waals surface area contributed by atoms with Gasteiger partial charge in [0.25, 0.3) is 0 Å². The van der Waals surface area contributed by atoms with E-state index in [1.54, 1.807) is 0 Å². The smallest absolute Gasteiger partial charge is 0.235 e. The molecule has 2 unspecified atom stereocenters. The summed E-state index contributed by atoms with van der Waals surface area (Å²) in [6.45, 7) is 0. The predicted molar refractivity (Wildman–Crippen MR) is 275 cm³/mol. The highest BCUT2D eigenvalue weighted by Gasteiger charge is 2.39. The average Bonchev–Trinajstić information content (AvgIpc) is 4.12. The number of fused-ring (bicyclic) bond motifs is 9. The molecule has 9 aromatic carbocycles. The molecular weight excluding hydrogens is 819 g/mol. The first kappa shape index (κ1) is 37.4. The van der Waals surface area contributed by atoms with Gasteiger partial charge in [0.05, 0.1) is 51.8 Å². The molecule has 12 aromatic rings. The minimum atomic E-state index is -0.0535. The molecule has 0 spiro atoms. The third-order valence-electron chi connectivity index (χ3n) is 13.8. The van der Waals surface area contributed by atoms with Gasteiger partial charge in [0, 0.05) is 39.2 Å². The number of nitrogens with zero attached hydrogens (tertiary/aromatic N) is 7. The normalized spacial score (nSPS) is 15.3. The molecule has 0 saturated heterocycles. The second kappa shape index (κ2) is 14.8. The Morgan fingerprint density at radius 2 is 1.18 bits per heavy atom. The summed E-state index contributed by atoms with van der Waals surface area (Å²) in [7, 11) is 0. The van der Waals surface area contributed by atoms with E-state index in [-0.39, 0.29) is 12.0 Å². The first-order chi connectivity index (χ1) is 33.2. The Hall–Kier alpha value is -8.94. The van der Waals surface area contributed by atoms with Gasteiger partial charge in [0.2, 0.25) is 5.95 Å². The monoisotopic (exact) mass is 857 g/mol. The summed E-state index contributed by atoms with van der Waals surface area (Å²) in [6, 6.07) is 71.1. The van der Waals surface area contributed by atoms with Crippen molar-refractivity contribution in [2.24, 2.45) is 5.10 Å². The number of hydrogen-bond donors (Lipinski definition) is 0. The summed E-state index contributed by atoms with van der Waals surface area (Å²) in [4.78, 5) is 10.9. The van der Waals surface area contributed by atoms with E-state index in [9.17, 15) is 0 Å². The van der Waals surface area contributed by atoms with Crippen LogP contribution < -0.4 is 5.01 Å². The lowest BCUT2D eigenvalue weighted by atomic mass is 9.88. The van der Waals surface area contributed by atoms with Crippen LogP contribution in [0, 0.1) is 0 Å². The fourth-order valence-corrected chi connectivity index (χ4v) is 10.5. The fourth-order valence-electron chi connectivity index (χ4n) is 10.5. The quantitative estimate of drug-likeness (QED) is 0.167. The molecule has 2 aliphatic rings. The summed E-state index contributed by atoms with van der Waals surface area (Å²) in [5.41, 5.74) is 13.9. The third kappa shape index (κ3) is 5.98. The Morgan fingerprint density at radius 1 is 0.463 bits per heavy atom. The molecule has 1 aliphatic heterocycles. The van der Waals surface area contributed by atoms with E-state index in [2.05, 4.69) is 227 Å². The van der Waals surface area contributed by atoms with E-state index in [1.807, 2.05) is 12.3 Å². The first-order valence-corrected chi connectivity index (χ1v) is 22.8. The van der Waals surface area contributed by atoms with E-state index in [0.717, 1.165) is 77.7 Å². The topological polar surface area (TPSA) is 64.1 Å². The van der Waals surface area contributed by atoms with Gasteiger partial charge in [-0.25, -0.2) is 14.6 Å². The first-order valence-electron chi connectivity index (χ1n) is 22.8. The van der Waals surface area contributed by atoms with Crippen molar-refractivity contribution in [3.8, 4) is 45.1 Å². The summed E-state index contributed by atoms with van der Waals surface area (Å²) in [6.07, 6.45) is 8.65. The van der Waals surface area contributed by atoms with Crippen LogP contribution >= 0.6 is 0 Å². The van der Waals surface area contributed by atoms with E-state index < -0.39 is 0 Å². The Balaban J connectivity index is 0.932. The maximum Gasteiger partial charge on any atom is 0.235 e. The van der Waals surface area contributed by atoms with E-state index >= 15 is 0 Å². The van der Waals surface area contributed by atoms with Crippen molar-refractivity contribution in [3.05, 3.63) is 224 Å². The average molecular weight is 858 g/mol. The maximum absolute atomic E-state index is 5.54. The molecular formula is C60H39N7. The number of hydrogen-bond acceptors (Lipinski definition) is 5. The van der Waals surface area contributed by atoms with Crippen LogP contribution in [0.3, 0.4) is 0 Å². The van der Waals surface area contributed by atoms with Gasteiger partial charge >= 0.3 is 0 Å². The number of para-hydroxylation sites is 2. The number of anilines is 1. The summed E-state index contributed by atoms with van der Waals surface area (Å²) in [5, 5.41) is 20.1. The van der Waals surface area contributed by atoms with E-state index in [4.69, 9.17) is 20.2 Å².